The van der Waals surface area contributed by atoms with Crippen molar-refractivity contribution in [3.8, 4) is 0 Å². The monoisotopic (exact) mass is 372 g/mol. The van der Waals surface area contributed by atoms with Crippen LogP contribution in [-0.2, 0) is 6.54 Å². The van der Waals surface area contributed by atoms with Gasteiger partial charge < -0.3 is 5.32 Å². The molecule has 0 bridgehead atoms. The number of hydrogen-bond acceptors (Lipinski definition) is 2. The fourth-order valence-corrected chi connectivity index (χ4v) is 3.15. The van der Waals surface area contributed by atoms with Gasteiger partial charge in [0, 0.05) is 29.2 Å². The molecule has 1 aromatic carbocycles. The summed E-state index contributed by atoms with van der Waals surface area (Å²) in [5.41, 5.74) is 1.43. The maximum absolute atomic E-state index is 3.61. The van der Waals surface area contributed by atoms with Crippen LogP contribution < -0.4 is 5.32 Å². The van der Waals surface area contributed by atoms with Gasteiger partial charge >= 0.3 is 0 Å². The summed E-state index contributed by atoms with van der Waals surface area (Å²) in [4.78, 5) is 2.61. The van der Waals surface area contributed by atoms with Crippen LogP contribution in [0.25, 0.3) is 0 Å². The molecule has 1 N–H and O–H groups in total. The molecule has 2 rings (SSSR count). The minimum absolute atomic E-state index is 0.697. The van der Waals surface area contributed by atoms with Gasteiger partial charge in [-0.2, -0.15) is 0 Å². The van der Waals surface area contributed by atoms with E-state index in [0.29, 0.717) is 6.04 Å². The number of nitrogens with zero attached hydrogens (tertiary/aromatic N) is 1. The summed E-state index contributed by atoms with van der Waals surface area (Å²) < 4.78 is 1.31. The molecular weight excluding hydrogens is 347 g/mol. The van der Waals surface area contributed by atoms with Gasteiger partial charge in [0.2, 0.25) is 0 Å². The molecule has 3 heteroatoms. The van der Waals surface area contributed by atoms with E-state index in [1.54, 1.807) is 0 Å². The largest absolute Gasteiger partial charge is 0.313 e. The SMILES string of the molecule is CC(C)CN(Cc1ccc(I)cc1)CC1CCCN1. The lowest BCUT2D eigenvalue weighted by Crippen LogP contribution is -2.38. The van der Waals surface area contributed by atoms with Crippen molar-refractivity contribution in [3.63, 3.8) is 0 Å². The Kier molecular flexibility index (Phi) is 6.10. The van der Waals surface area contributed by atoms with Crippen molar-refractivity contribution in [2.75, 3.05) is 19.6 Å². The number of benzene rings is 1. The lowest BCUT2D eigenvalue weighted by molar-refractivity contribution is 0.216. The second-order valence-corrected chi connectivity index (χ2v) is 7.25. The molecule has 1 unspecified atom stereocenters. The van der Waals surface area contributed by atoms with Gasteiger partial charge in [0.05, 0.1) is 0 Å². The average Bonchev–Trinajstić information content (AvgIpc) is 2.84. The molecular formula is C16H25IN2. The molecule has 0 aromatic heterocycles. The molecule has 1 fully saturated rings. The van der Waals surface area contributed by atoms with Gasteiger partial charge in [-0.15, -0.1) is 0 Å². The number of rotatable bonds is 6. The second-order valence-electron chi connectivity index (χ2n) is 6.01. The van der Waals surface area contributed by atoms with E-state index in [-0.39, 0.29) is 0 Å². The third-order valence-corrected chi connectivity index (χ3v) is 4.30. The van der Waals surface area contributed by atoms with Crippen molar-refractivity contribution in [1.29, 1.82) is 0 Å². The number of nitrogens with one attached hydrogen (secondary N) is 1. The first-order valence-corrected chi connectivity index (χ1v) is 8.41. The molecule has 1 aliphatic heterocycles. The van der Waals surface area contributed by atoms with Gasteiger partial charge in [-0.05, 0) is 65.6 Å². The Hall–Kier alpha value is -0.130. The number of halogens is 1. The maximum atomic E-state index is 3.61. The van der Waals surface area contributed by atoms with Crippen LogP contribution in [0.3, 0.4) is 0 Å². The van der Waals surface area contributed by atoms with Crippen molar-refractivity contribution < 1.29 is 0 Å². The molecule has 19 heavy (non-hydrogen) atoms. The Morgan fingerprint density at radius 3 is 2.63 bits per heavy atom. The predicted molar refractivity (Wildman–Crippen MR) is 90.3 cm³/mol. The van der Waals surface area contributed by atoms with E-state index >= 15 is 0 Å². The fourth-order valence-electron chi connectivity index (χ4n) is 2.79. The Labute approximate surface area is 131 Å². The van der Waals surface area contributed by atoms with Crippen LogP contribution in [-0.4, -0.2) is 30.6 Å². The van der Waals surface area contributed by atoms with Crippen LogP contribution in [0.4, 0.5) is 0 Å². The highest BCUT2D eigenvalue weighted by Crippen LogP contribution is 2.13. The first-order valence-electron chi connectivity index (χ1n) is 7.33. The molecule has 1 aromatic rings. The van der Waals surface area contributed by atoms with Crippen LogP contribution in [0.15, 0.2) is 24.3 Å². The van der Waals surface area contributed by atoms with Crippen LogP contribution in [0.5, 0.6) is 0 Å². The lowest BCUT2D eigenvalue weighted by atomic mass is 10.1. The van der Waals surface area contributed by atoms with E-state index in [4.69, 9.17) is 0 Å². The van der Waals surface area contributed by atoms with Crippen molar-refractivity contribution >= 4 is 22.6 Å². The summed E-state index contributed by atoms with van der Waals surface area (Å²) in [6.07, 6.45) is 2.67. The normalized spacial score (nSPS) is 19.5. The van der Waals surface area contributed by atoms with Gasteiger partial charge in [0.15, 0.2) is 0 Å². The summed E-state index contributed by atoms with van der Waals surface area (Å²) in [7, 11) is 0. The van der Waals surface area contributed by atoms with E-state index in [1.807, 2.05) is 0 Å². The zero-order valence-electron chi connectivity index (χ0n) is 12.0. The van der Waals surface area contributed by atoms with Crippen molar-refractivity contribution in [2.24, 2.45) is 5.92 Å². The van der Waals surface area contributed by atoms with E-state index in [0.717, 1.165) is 12.5 Å². The molecule has 2 nitrogen and oxygen atoms in total. The Morgan fingerprint density at radius 1 is 1.32 bits per heavy atom. The molecule has 1 saturated heterocycles. The summed E-state index contributed by atoms with van der Waals surface area (Å²) in [5, 5.41) is 3.61. The van der Waals surface area contributed by atoms with E-state index in [9.17, 15) is 0 Å². The Bertz CT molecular complexity index is 369. The van der Waals surface area contributed by atoms with Gasteiger partial charge in [0.25, 0.3) is 0 Å². The molecule has 0 aliphatic carbocycles. The molecule has 1 aliphatic rings. The topological polar surface area (TPSA) is 15.3 Å². The van der Waals surface area contributed by atoms with E-state index in [2.05, 4.69) is 70.9 Å². The highest BCUT2D eigenvalue weighted by molar-refractivity contribution is 14.1. The average molecular weight is 372 g/mol. The lowest BCUT2D eigenvalue weighted by Gasteiger charge is -2.27. The van der Waals surface area contributed by atoms with Gasteiger partial charge in [-0.25, -0.2) is 0 Å². The van der Waals surface area contributed by atoms with Crippen molar-refractivity contribution in [1.82, 2.24) is 10.2 Å². The molecule has 0 saturated carbocycles. The van der Waals surface area contributed by atoms with Crippen molar-refractivity contribution in [3.05, 3.63) is 33.4 Å². The van der Waals surface area contributed by atoms with Gasteiger partial charge in [-0.3, -0.25) is 4.90 Å². The first kappa shape index (κ1) is 15.3. The first-order chi connectivity index (χ1) is 9.13. The molecule has 0 spiro atoms. The van der Waals surface area contributed by atoms with Crippen LogP contribution in [0, 0.1) is 9.49 Å². The molecule has 106 valence electrons. The quantitative estimate of drug-likeness (QED) is 0.769. The number of hydrogen-bond donors (Lipinski definition) is 1. The van der Waals surface area contributed by atoms with Gasteiger partial charge in [0.1, 0.15) is 0 Å². The third-order valence-electron chi connectivity index (χ3n) is 3.58. The second kappa shape index (κ2) is 7.60. The maximum Gasteiger partial charge on any atom is 0.0234 e. The molecule has 1 heterocycles. The van der Waals surface area contributed by atoms with Crippen LogP contribution in [0.1, 0.15) is 32.3 Å². The van der Waals surface area contributed by atoms with Crippen LogP contribution >= 0.6 is 22.6 Å². The predicted octanol–water partition coefficient (Wildman–Crippen LogP) is 3.50. The third kappa shape index (κ3) is 5.40. The smallest absolute Gasteiger partial charge is 0.0234 e. The van der Waals surface area contributed by atoms with Crippen LogP contribution in [0.2, 0.25) is 0 Å². The molecule has 0 radical (unpaired) electrons. The van der Waals surface area contributed by atoms with Gasteiger partial charge in [-0.1, -0.05) is 26.0 Å². The summed E-state index contributed by atoms with van der Waals surface area (Å²) in [5.74, 6) is 0.727. The minimum Gasteiger partial charge on any atom is -0.313 e. The Morgan fingerprint density at radius 2 is 2.05 bits per heavy atom. The van der Waals surface area contributed by atoms with Crippen molar-refractivity contribution in [2.45, 2.75) is 39.3 Å². The summed E-state index contributed by atoms with van der Waals surface area (Å²) >= 11 is 2.37. The van der Waals surface area contributed by atoms with E-state index in [1.165, 1.54) is 41.6 Å². The summed E-state index contributed by atoms with van der Waals surface area (Å²) in [6, 6.07) is 9.63. The Balaban J connectivity index is 1.93. The zero-order valence-corrected chi connectivity index (χ0v) is 14.2. The zero-order chi connectivity index (χ0) is 13.7. The molecule has 1 atom stereocenters. The highest BCUT2D eigenvalue weighted by atomic mass is 127. The standard InChI is InChI=1S/C16H25IN2/c1-13(2)10-19(12-16-4-3-9-18-16)11-14-5-7-15(17)8-6-14/h5-8,13,16,18H,3-4,9-12H2,1-2H3. The summed E-state index contributed by atoms with van der Waals surface area (Å²) in [6.45, 7) is 9.26. The fraction of sp³-hybridized carbons (Fsp3) is 0.625. The minimum atomic E-state index is 0.697. The molecule has 0 amide bonds. The highest BCUT2D eigenvalue weighted by Gasteiger charge is 2.18. The van der Waals surface area contributed by atoms with E-state index < -0.39 is 0 Å².